The second-order valence-electron chi connectivity index (χ2n) is 12.9. The molecule has 2 aromatic heterocycles. The minimum absolute atomic E-state index is 0.120. The molecule has 0 unspecified atom stereocenters. The lowest BCUT2D eigenvalue weighted by molar-refractivity contribution is -0.139. The van der Waals surface area contributed by atoms with Crippen LogP contribution in [0.5, 0.6) is 11.5 Å². The largest absolute Gasteiger partial charge is 0.491 e. The maximum absolute atomic E-state index is 13.5. The van der Waals surface area contributed by atoms with Crippen LogP contribution in [0.25, 0.3) is 11.0 Å². The van der Waals surface area contributed by atoms with Crippen molar-refractivity contribution >= 4 is 46.1 Å². The maximum Gasteiger partial charge on any atom is 0.276 e. The van der Waals surface area contributed by atoms with Gasteiger partial charge in [-0.25, -0.2) is 4.98 Å². The van der Waals surface area contributed by atoms with Gasteiger partial charge in [-0.1, -0.05) is 0 Å². The second-order valence-corrected chi connectivity index (χ2v) is 12.9. The summed E-state index contributed by atoms with van der Waals surface area (Å²) in [6, 6.07) is 7.78. The summed E-state index contributed by atoms with van der Waals surface area (Å²) < 4.78 is 27.3. The Labute approximate surface area is 288 Å². The zero-order chi connectivity index (χ0) is 35.7. The summed E-state index contributed by atoms with van der Waals surface area (Å²) in [5.41, 5.74) is 21.1. The first kappa shape index (κ1) is 34.5. The summed E-state index contributed by atoms with van der Waals surface area (Å²) in [4.78, 5) is 42.2. The molecule has 0 radical (unpaired) electrons. The van der Waals surface area contributed by atoms with E-state index in [1.807, 2.05) is 32.3 Å². The zero-order valence-corrected chi connectivity index (χ0v) is 28.6. The fourth-order valence-electron chi connectivity index (χ4n) is 6.34. The molecule has 266 valence electrons. The highest BCUT2D eigenvalue weighted by Gasteiger charge is 2.33. The second kappa shape index (κ2) is 13.9. The number of nitrogens with zero attached hydrogens (tertiary/aromatic N) is 4. The number of carbonyl (C=O) groups is 3. The highest BCUT2D eigenvalue weighted by Crippen LogP contribution is 2.39. The van der Waals surface area contributed by atoms with Gasteiger partial charge in [0, 0.05) is 30.6 Å². The monoisotopic (exact) mass is 689 g/mol. The van der Waals surface area contributed by atoms with Crippen molar-refractivity contribution in [2.24, 2.45) is 11.5 Å². The van der Waals surface area contributed by atoms with E-state index in [1.165, 1.54) is 6.07 Å². The Morgan fingerprint density at radius 1 is 1.06 bits per heavy atom. The molecule has 2 aliphatic heterocycles. The van der Waals surface area contributed by atoms with Gasteiger partial charge in [-0.15, -0.1) is 0 Å². The van der Waals surface area contributed by atoms with Crippen LogP contribution < -0.4 is 37.3 Å². The number of carbonyl (C=O) groups excluding carboxylic acids is 3. The van der Waals surface area contributed by atoms with E-state index in [1.54, 1.807) is 28.9 Å². The third kappa shape index (κ3) is 7.16. The molecule has 4 aromatic rings. The number of primary amides is 2. The number of amides is 3. The molecule has 0 bridgehead atoms. The van der Waals surface area contributed by atoms with Gasteiger partial charge in [0.25, 0.3) is 5.91 Å². The van der Waals surface area contributed by atoms with Gasteiger partial charge in [0.1, 0.15) is 35.0 Å². The fraction of sp³-hybridized carbons (Fsp3) is 0.441. The lowest BCUT2D eigenvalue weighted by atomic mass is 10.1. The number of ether oxygens (including phenoxy) is 4. The molecule has 16 heteroatoms. The van der Waals surface area contributed by atoms with E-state index in [-0.39, 0.29) is 35.8 Å². The molecule has 1 saturated heterocycles. The van der Waals surface area contributed by atoms with E-state index in [4.69, 9.17) is 41.1 Å². The molecule has 0 saturated carbocycles. The van der Waals surface area contributed by atoms with Crippen molar-refractivity contribution in [3.8, 4) is 11.5 Å². The van der Waals surface area contributed by atoms with Crippen molar-refractivity contribution in [3.05, 3.63) is 52.8 Å². The van der Waals surface area contributed by atoms with Gasteiger partial charge in [0.15, 0.2) is 5.79 Å². The lowest BCUT2D eigenvalue weighted by Crippen LogP contribution is -2.26. The molecule has 1 fully saturated rings. The van der Waals surface area contributed by atoms with Crippen LogP contribution in [-0.2, 0) is 16.0 Å². The number of anilines is 3. The number of imidazole rings is 1. The van der Waals surface area contributed by atoms with Crippen molar-refractivity contribution in [1.29, 1.82) is 0 Å². The molecule has 0 spiro atoms. The number of rotatable bonds is 14. The Bertz CT molecular complexity index is 1950. The minimum atomic E-state index is -0.641. The number of hydrogen-bond donors (Lipinski definition) is 5. The summed E-state index contributed by atoms with van der Waals surface area (Å²) in [7, 11) is 0. The van der Waals surface area contributed by atoms with Crippen LogP contribution in [0.2, 0.25) is 0 Å². The lowest BCUT2D eigenvalue weighted by Gasteiger charge is -2.27. The van der Waals surface area contributed by atoms with Crippen LogP contribution in [0.15, 0.2) is 30.3 Å². The van der Waals surface area contributed by atoms with Crippen LogP contribution in [0.3, 0.4) is 0 Å². The first-order valence-electron chi connectivity index (χ1n) is 16.6. The quantitative estimate of drug-likeness (QED) is 0.0953. The van der Waals surface area contributed by atoms with Crippen LogP contribution in [0.1, 0.15) is 83.0 Å². The Hall–Kier alpha value is -5.35. The number of aromatic nitrogens is 4. The summed E-state index contributed by atoms with van der Waals surface area (Å²) in [6.07, 6.45) is 1.72. The van der Waals surface area contributed by atoms with Crippen LogP contribution in [-0.4, -0.2) is 75.3 Å². The molecule has 2 atom stereocenters. The highest BCUT2D eigenvalue weighted by atomic mass is 16.7. The van der Waals surface area contributed by atoms with Gasteiger partial charge in [-0.3, -0.25) is 24.4 Å². The Kier molecular flexibility index (Phi) is 9.58. The van der Waals surface area contributed by atoms with Crippen LogP contribution in [0, 0.1) is 6.92 Å². The van der Waals surface area contributed by atoms with E-state index in [9.17, 15) is 14.4 Å². The standard InChI is InChI=1S/C34H43N9O7/c1-5-42-25(11-18(2)41-42)32(46)40-33-39-24-13-20(31(37)45)15-27-29(24)43(33)21(16-48-27)7-6-9-38-28-23(35)12-19(30(36)44)14-26(28)47-10-8-22-17-49-34(3,4)50-22/h11-15,21-22,38H,5-10,16-17,35H2,1-4H3,(H2,36,44)(H2,37,45)(H,39,40,46)/t21-,22+/m0/s1. The van der Waals surface area contributed by atoms with Gasteiger partial charge < -0.3 is 46.0 Å². The topological polar surface area (TPSA) is 226 Å². The average molecular weight is 690 g/mol. The summed E-state index contributed by atoms with van der Waals surface area (Å²) in [6.45, 7) is 9.50. The Balaban J connectivity index is 1.19. The number of aryl methyl sites for hydroxylation is 2. The van der Waals surface area contributed by atoms with Gasteiger partial charge in [0.2, 0.25) is 17.8 Å². The van der Waals surface area contributed by atoms with Gasteiger partial charge in [-0.05, 0) is 70.9 Å². The molecule has 50 heavy (non-hydrogen) atoms. The van der Waals surface area contributed by atoms with Crippen LogP contribution in [0.4, 0.5) is 17.3 Å². The molecule has 2 aromatic carbocycles. The molecule has 0 aliphatic carbocycles. The van der Waals surface area contributed by atoms with Gasteiger partial charge in [0.05, 0.1) is 42.3 Å². The van der Waals surface area contributed by atoms with Crippen molar-refractivity contribution < 1.29 is 33.3 Å². The summed E-state index contributed by atoms with van der Waals surface area (Å²) in [5.74, 6) is -1.06. The van der Waals surface area contributed by atoms with Crippen molar-refractivity contribution in [1.82, 2.24) is 19.3 Å². The molecule has 3 amide bonds. The zero-order valence-electron chi connectivity index (χ0n) is 28.6. The van der Waals surface area contributed by atoms with Crippen molar-refractivity contribution in [2.75, 3.05) is 42.7 Å². The number of hydrogen-bond acceptors (Lipinski definition) is 11. The smallest absolute Gasteiger partial charge is 0.276 e. The Morgan fingerprint density at radius 2 is 1.82 bits per heavy atom. The first-order chi connectivity index (χ1) is 23.8. The SMILES string of the molecule is CCn1nc(C)cc1C(=O)Nc1nc2cc(C(N)=O)cc3c2n1[C@@H](CCCNc1c(N)cc(C(N)=O)cc1OCC[C@@H]1COC(C)(C)O1)CO3. The molecule has 8 N–H and O–H groups in total. The number of nitrogens with one attached hydrogen (secondary N) is 2. The fourth-order valence-corrected chi connectivity index (χ4v) is 6.34. The van der Waals surface area contributed by atoms with Gasteiger partial charge >= 0.3 is 0 Å². The highest BCUT2D eigenvalue weighted by molar-refractivity contribution is 6.04. The van der Waals surface area contributed by atoms with Crippen molar-refractivity contribution in [3.63, 3.8) is 0 Å². The Morgan fingerprint density at radius 3 is 2.52 bits per heavy atom. The maximum atomic E-state index is 13.5. The molecule has 2 aliphatic rings. The van der Waals surface area contributed by atoms with E-state index in [2.05, 4.69) is 15.7 Å². The number of nitrogens with two attached hydrogens (primary N) is 3. The predicted molar refractivity (Wildman–Crippen MR) is 185 cm³/mol. The van der Waals surface area contributed by atoms with E-state index < -0.39 is 17.6 Å². The number of benzene rings is 2. The van der Waals surface area contributed by atoms with E-state index in [0.29, 0.717) is 91.1 Å². The average Bonchev–Trinajstić information content (AvgIpc) is 3.74. The number of nitrogen functional groups attached to an aromatic ring is 1. The third-order valence-corrected chi connectivity index (χ3v) is 8.69. The molecular weight excluding hydrogens is 646 g/mol. The summed E-state index contributed by atoms with van der Waals surface area (Å²) in [5, 5.41) is 10.7. The minimum Gasteiger partial charge on any atom is -0.491 e. The third-order valence-electron chi connectivity index (χ3n) is 8.69. The molecule has 4 heterocycles. The van der Waals surface area contributed by atoms with Crippen LogP contribution >= 0.6 is 0 Å². The summed E-state index contributed by atoms with van der Waals surface area (Å²) >= 11 is 0. The first-order valence-corrected chi connectivity index (χ1v) is 16.6. The molecule has 6 rings (SSSR count). The van der Waals surface area contributed by atoms with E-state index in [0.717, 1.165) is 5.69 Å². The normalized spacial score (nSPS) is 17.8. The predicted octanol–water partition coefficient (Wildman–Crippen LogP) is 3.34. The molecular formula is C34H43N9O7. The van der Waals surface area contributed by atoms with Crippen molar-refractivity contribution in [2.45, 2.75) is 71.4 Å². The molecule has 16 nitrogen and oxygen atoms in total. The van der Waals surface area contributed by atoms with E-state index >= 15 is 0 Å². The van der Waals surface area contributed by atoms with Gasteiger partial charge in [-0.2, -0.15) is 5.10 Å².